The van der Waals surface area contributed by atoms with Gasteiger partial charge < -0.3 is 10.8 Å². The van der Waals surface area contributed by atoms with Gasteiger partial charge in [0.2, 0.25) is 5.92 Å². The zero-order valence-electron chi connectivity index (χ0n) is 11.0. The molecule has 0 aromatic carbocycles. The molecule has 0 amide bonds. The molecule has 18 heavy (non-hydrogen) atoms. The molecule has 0 aromatic rings. The Balaban J connectivity index is 1.94. The SMILES string of the molecule is NCC(CO)(CC1CC1)CC1CCCC(F)(F)C1. The molecule has 2 saturated carbocycles. The molecule has 106 valence electrons. The Kier molecular flexibility index (Phi) is 4.27. The molecule has 0 aromatic heterocycles. The molecule has 0 heterocycles. The third-order valence-corrected chi connectivity index (χ3v) is 4.65. The molecular formula is C14H25F2NO. The van der Waals surface area contributed by atoms with Gasteiger partial charge >= 0.3 is 0 Å². The average Bonchev–Trinajstić information content (AvgIpc) is 3.10. The van der Waals surface area contributed by atoms with Gasteiger partial charge in [0.15, 0.2) is 0 Å². The van der Waals surface area contributed by atoms with Crippen LogP contribution in [0.5, 0.6) is 0 Å². The summed E-state index contributed by atoms with van der Waals surface area (Å²) >= 11 is 0. The van der Waals surface area contributed by atoms with Crippen LogP contribution in [-0.2, 0) is 0 Å². The fourth-order valence-electron chi connectivity index (χ4n) is 3.44. The van der Waals surface area contributed by atoms with Crippen LogP contribution >= 0.6 is 0 Å². The highest BCUT2D eigenvalue weighted by molar-refractivity contribution is 4.91. The van der Waals surface area contributed by atoms with Gasteiger partial charge in [-0.3, -0.25) is 0 Å². The summed E-state index contributed by atoms with van der Waals surface area (Å²) in [6, 6.07) is 0. The van der Waals surface area contributed by atoms with Gasteiger partial charge in [-0.05, 0) is 37.5 Å². The van der Waals surface area contributed by atoms with Gasteiger partial charge in [0.1, 0.15) is 0 Å². The Morgan fingerprint density at radius 3 is 2.33 bits per heavy atom. The molecule has 0 bridgehead atoms. The van der Waals surface area contributed by atoms with Crippen molar-refractivity contribution in [3.8, 4) is 0 Å². The van der Waals surface area contributed by atoms with Crippen molar-refractivity contribution in [2.24, 2.45) is 23.0 Å². The lowest BCUT2D eigenvalue weighted by Gasteiger charge is -2.37. The number of nitrogens with two attached hydrogens (primary N) is 1. The van der Waals surface area contributed by atoms with E-state index in [1.165, 1.54) is 12.8 Å². The molecule has 2 rings (SSSR count). The third kappa shape index (κ3) is 3.64. The predicted molar refractivity (Wildman–Crippen MR) is 67.4 cm³/mol. The first kappa shape index (κ1) is 14.2. The number of hydrogen-bond acceptors (Lipinski definition) is 2. The molecule has 2 aliphatic carbocycles. The van der Waals surface area contributed by atoms with Crippen LogP contribution in [0.3, 0.4) is 0 Å². The molecule has 4 heteroatoms. The van der Waals surface area contributed by atoms with Crippen molar-refractivity contribution >= 4 is 0 Å². The maximum Gasteiger partial charge on any atom is 0.248 e. The zero-order chi connectivity index (χ0) is 13.2. The second-order valence-electron chi connectivity index (χ2n) is 6.53. The number of aliphatic hydroxyl groups excluding tert-OH is 1. The second kappa shape index (κ2) is 5.41. The molecule has 2 atom stereocenters. The molecule has 2 nitrogen and oxygen atoms in total. The van der Waals surface area contributed by atoms with E-state index in [1.807, 2.05) is 0 Å². The van der Waals surface area contributed by atoms with E-state index in [-0.39, 0.29) is 30.8 Å². The van der Waals surface area contributed by atoms with E-state index >= 15 is 0 Å². The fraction of sp³-hybridized carbons (Fsp3) is 1.00. The second-order valence-corrected chi connectivity index (χ2v) is 6.53. The summed E-state index contributed by atoms with van der Waals surface area (Å²) in [5.41, 5.74) is 5.53. The zero-order valence-corrected chi connectivity index (χ0v) is 11.0. The van der Waals surface area contributed by atoms with Crippen LogP contribution in [0.25, 0.3) is 0 Å². The van der Waals surface area contributed by atoms with Crippen molar-refractivity contribution in [2.75, 3.05) is 13.2 Å². The average molecular weight is 261 g/mol. The first-order chi connectivity index (χ1) is 8.49. The van der Waals surface area contributed by atoms with Gasteiger partial charge in [-0.2, -0.15) is 0 Å². The number of rotatable bonds is 6. The van der Waals surface area contributed by atoms with Crippen molar-refractivity contribution in [1.29, 1.82) is 0 Å². The first-order valence-corrected chi connectivity index (χ1v) is 7.17. The molecule has 2 fully saturated rings. The summed E-state index contributed by atoms with van der Waals surface area (Å²) in [7, 11) is 0. The van der Waals surface area contributed by atoms with Gasteiger partial charge in [0, 0.05) is 31.4 Å². The topological polar surface area (TPSA) is 46.2 Å². The number of halogens is 2. The lowest BCUT2D eigenvalue weighted by molar-refractivity contribution is -0.0628. The molecule has 2 unspecified atom stereocenters. The van der Waals surface area contributed by atoms with E-state index in [1.54, 1.807) is 0 Å². The van der Waals surface area contributed by atoms with E-state index in [0.29, 0.717) is 25.3 Å². The van der Waals surface area contributed by atoms with Crippen molar-refractivity contribution in [1.82, 2.24) is 0 Å². The molecular weight excluding hydrogens is 236 g/mol. The van der Waals surface area contributed by atoms with Gasteiger partial charge in [-0.1, -0.05) is 12.8 Å². The van der Waals surface area contributed by atoms with E-state index in [0.717, 1.165) is 12.8 Å². The van der Waals surface area contributed by atoms with E-state index in [2.05, 4.69) is 0 Å². The Labute approximate surface area is 108 Å². The minimum absolute atomic E-state index is 0.0145. The van der Waals surface area contributed by atoms with Gasteiger partial charge in [0.25, 0.3) is 0 Å². The van der Waals surface area contributed by atoms with Crippen molar-refractivity contribution in [2.45, 2.75) is 57.3 Å². The first-order valence-electron chi connectivity index (χ1n) is 7.17. The molecule has 2 aliphatic rings. The fourth-order valence-corrected chi connectivity index (χ4v) is 3.44. The summed E-state index contributed by atoms with van der Waals surface area (Å²) in [6.07, 6.45) is 5.49. The lowest BCUT2D eigenvalue weighted by Crippen LogP contribution is -2.39. The van der Waals surface area contributed by atoms with Crippen LogP contribution < -0.4 is 5.73 Å². The van der Waals surface area contributed by atoms with Gasteiger partial charge in [-0.25, -0.2) is 8.78 Å². The molecule has 0 spiro atoms. The summed E-state index contributed by atoms with van der Waals surface area (Å²) in [5.74, 6) is -1.80. The predicted octanol–water partition coefficient (Wildman–Crippen LogP) is 2.94. The maximum absolute atomic E-state index is 13.4. The molecule has 0 aliphatic heterocycles. The Morgan fingerprint density at radius 2 is 1.83 bits per heavy atom. The highest BCUT2D eigenvalue weighted by atomic mass is 19.3. The van der Waals surface area contributed by atoms with E-state index in [4.69, 9.17) is 5.73 Å². The van der Waals surface area contributed by atoms with Crippen LogP contribution in [0.15, 0.2) is 0 Å². The van der Waals surface area contributed by atoms with Crippen LogP contribution in [0, 0.1) is 17.3 Å². The minimum Gasteiger partial charge on any atom is -0.396 e. The Morgan fingerprint density at radius 1 is 1.17 bits per heavy atom. The highest BCUT2D eigenvalue weighted by Gasteiger charge is 2.42. The molecule has 0 radical (unpaired) electrons. The molecule has 3 N–H and O–H groups in total. The van der Waals surface area contributed by atoms with Gasteiger partial charge in [0.05, 0.1) is 0 Å². The van der Waals surface area contributed by atoms with E-state index in [9.17, 15) is 13.9 Å². The van der Waals surface area contributed by atoms with Crippen LogP contribution in [-0.4, -0.2) is 24.2 Å². The summed E-state index contributed by atoms with van der Waals surface area (Å²) < 4.78 is 26.8. The van der Waals surface area contributed by atoms with Crippen LogP contribution in [0.4, 0.5) is 8.78 Å². The third-order valence-electron chi connectivity index (χ3n) is 4.65. The van der Waals surface area contributed by atoms with Crippen LogP contribution in [0.2, 0.25) is 0 Å². The number of aliphatic hydroxyl groups is 1. The molecule has 0 saturated heterocycles. The summed E-state index contributed by atoms with van der Waals surface area (Å²) in [5, 5.41) is 9.65. The van der Waals surface area contributed by atoms with Crippen LogP contribution in [0.1, 0.15) is 51.4 Å². The largest absolute Gasteiger partial charge is 0.396 e. The van der Waals surface area contributed by atoms with Crippen molar-refractivity contribution in [3.63, 3.8) is 0 Å². The Bertz CT molecular complexity index is 275. The van der Waals surface area contributed by atoms with Crippen molar-refractivity contribution < 1.29 is 13.9 Å². The lowest BCUT2D eigenvalue weighted by atomic mass is 9.71. The monoisotopic (exact) mass is 261 g/mol. The highest BCUT2D eigenvalue weighted by Crippen LogP contribution is 2.46. The number of alkyl halides is 2. The van der Waals surface area contributed by atoms with Gasteiger partial charge in [-0.15, -0.1) is 0 Å². The normalized spacial score (nSPS) is 31.0. The smallest absolute Gasteiger partial charge is 0.248 e. The summed E-state index contributed by atoms with van der Waals surface area (Å²) in [4.78, 5) is 0. The minimum atomic E-state index is -2.50. The number of hydrogen-bond donors (Lipinski definition) is 2. The maximum atomic E-state index is 13.4. The van der Waals surface area contributed by atoms with Crippen molar-refractivity contribution in [3.05, 3.63) is 0 Å². The standard InChI is InChI=1S/C14H25F2NO/c15-14(16)5-1-2-12(8-14)7-13(9-17,10-18)6-11-3-4-11/h11-12,18H,1-10,17H2. The Hall–Kier alpha value is -0.220. The van der Waals surface area contributed by atoms with E-state index < -0.39 is 5.92 Å². The quantitative estimate of drug-likeness (QED) is 0.772. The summed E-state index contributed by atoms with van der Waals surface area (Å²) in [6.45, 7) is 0.462.